The Morgan fingerprint density at radius 3 is 0.750 bits per heavy atom. The van der Waals surface area contributed by atoms with Crippen molar-refractivity contribution < 1.29 is 51.0 Å². The van der Waals surface area contributed by atoms with Gasteiger partial charge in [0.1, 0.15) is 0 Å². The fraction of sp³-hybridized carbons (Fsp3) is 0. The van der Waals surface area contributed by atoms with Gasteiger partial charge in [0, 0.05) is 0 Å². The van der Waals surface area contributed by atoms with Gasteiger partial charge in [-0.3, -0.25) is 0 Å². The number of hydrogen-bond acceptors (Lipinski definition) is 0. The van der Waals surface area contributed by atoms with Crippen molar-refractivity contribution in [1.82, 2.24) is 0 Å². The fourth-order valence-electron chi connectivity index (χ4n) is 0. The van der Waals surface area contributed by atoms with E-state index >= 15 is 0 Å². The van der Waals surface area contributed by atoms with Gasteiger partial charge < -0.3 is 24.8 Å². The second-order valence-corrected chi connectivity index (χ2v) is 0. The minimum Gasteiger partial charge on any atom is -1.00 e. The molecule has 0 saturated heterocycles. The molecule has 0 N–H and O–H groups in total. The molecule has 26 valence electrons. The average molecular weight is 196 g/mol. The summed E-state index contributed by atoms with van der Waals surface area (Å²) < 4.78 is 0. The van der Waals surface area contributed by atoms with Crippen LogP contribution in [0.3, 0.4) is 0 Å². The second-order valence-electron chi connectivity index (χ2n) is 0. The minimum absolute atomic E-state index is 0. The summed E-state index contributed by atoms with van der Waals surface area (Å²) in [6.45, 7) is 0. The molecule has 1 unspecified atom stereocenters. The van der Waals surface area contributed by atoms with Crippen LogP contribution >= 0.6 is 9.90 Å². The molecule has 0 aromatic carbocycles. The van der Waals surface area contributed by atoms with Crippen molar-refractivity contribution in [2.45, 2.75) is 0 Å². The van der Waals surface area contributed by atoms with Gasteiger partial charge >= 0.3 is 26.2 Å². The Bertz CT molecular complexity index is 6.00. The van der Waals surface area contributed by atoms with Crippen molar-refractivity contribution >= 4 is 9.90 Å². The Hall–Kier alpha value is 1.89. The molecule has 0 radical (unpaired) electrons. The molecule has 0 aromatic heterocycles. The molecule has 0 saturated carbocycles. The summed E-state index contributed by atoms with van der Waals surface area (Å²) in [6.07, 6.45) is 0. The van der Waals surface area contributed by atoms with Crippen LogP contribution in [-0.2, 0) is 26.2 Å². The van der Waals surface area contributed by atoms with Gasteiger partial charge in [0.05, 0.1) is 0 Å². The summed E-state index contributed by atoms with van der Waals surface area (Å²) >= 11 is 0. The van der Waals surface area contributed by atoms with Crippen LogP contribution in [0, 0.1) is 0 Å². The first-order valence-corrected chi connectivity index (χ1v) is 0. The Labute approximate surface area is 60.7 Å². The van der Waals surface area contributed by atoms with Crippen LogP contribution in [0.4, 0.5) is 0 Å². The van der Waals surface area contributed by atoms with Crippen LogP contribution in [0.1, 0.15) is 0 Å². The van der Waals surface area contributed by atoms with Crippen molar-refractivity contribution in [3.63, 3.8) is 0 Å². The molecule has 0 nitrogen and oxygen atoms in total. The molecule has 0 aliphatic rings. The molecule has 0 heterocycles. The van der Waals surface area contributed by atoms with E-state index in [1.807, 2.05) is 0 Å². The third kappa shape index (κ3) is 9.09. The topological polar surface area (TPSA) is 0 Å². The molecule has 0 fully saturated rings. The fourth-order valence-corrected chi connectivity index (χ4v) is 0. The molecule has 4 heteroatoms. The zero-order valence-electron chi connectivity index (χ0n) is 1.96. The Morgan fingerprint density at radius 2 is 0.750 bits per heavy atom. The average Bonchev–Trinajstić information content (AvgIpc) is 0. The maximum atomic E-state index is 0. The first-order chi connectivity index (χ1) is 0. The summed E-state index contributed by atoms with van der Waals surface area (Å²) in [5, 5.41) is 0. The summed E-state index contributed by atoms with van der Waals surface area (Å²) in [5.41, 5.74) is 0. The maximum Gasteiger partial charge on any atom is 2.00 e. The van der Waals surface area contributed by atoms with E-state index in [1.54, 1.807) is 0 Å². The Balaban J connectivity index is 0. The van der Waals surface area contributed by atoms with Gasteiger partial charge in [-0.2, -0.15) is 9.90 Å². The quantitative estimate of drug-likeness (QED) is 0.338. The van der Waals surface area contributed by atoms with E-state index in [0.717, 1.165) is 0 Å². The Morgan fingerprint density at radius 1 is 0.750 bits per heavy atom. The first-order valence-electron chi connectivity index (χ1n) is 0. The zero-order valence-corrected chi connectivity index (χ0v) is 7.35. The molecule has 4 heavy (non-hydrogen) atoms. The number of rotatable bonds is 0. The molecule has 0 aliphatic heterocycles. The van der Waals surface area contributed by atoms with Gasteiger partial charge in [-0.1, -0.05) is 0 Å². The smallest absolute Gasteiger partial charge is 1.00 e. The molecule has 0 amide bonds. The van der Waals surface area contributed by atoms with Gasteiger partial charge in [-0.15, -0.1) is 0 Å². The molecule has 0 bridgehead atoms. The predicted molar refractivity (Wildman–Crippen MR) is 11.1 cm³/mol. The monoisotopic (exact) mass is 194 g/mol. The molecule has 0 aliphatic carbocycles. The first kappa shape index (κ1) is 39.4. The van der Waals surface area contributed by atoms with E-state index < -0.39 is 0 Å². The van der Waals surface area contributed by atoms with Crippen LogP contribution < -0.4 is 24.8 Å². The third-order valence-electron chi connectivity index (χ3n) is 0. The van der Waals surface area contributed by atoms with Crippen LogP contribution in [-0.4, -0.2) is 0 Å². The maximum absolute atomic E-state index is 0. The molecule has 1 atom stereocenters. The molecule has 0 aromatic rings. The van der Waals surface area contributed by atoms with E-state index in [1.165, 1.54) is 0 Å². The van der Waals surface area contributed by atoms with Gasteiger partial charge in [-0.05, 0) is 0 Å². The second kappa shape index (κ2) is 20.7. The van der Waals surface area contributed by atoms with E-state index in [9.17, 15) is 0 Å². The van der Waals surface area contributed by atoms with E-state index in [2.05, 4.69) is 0 Å². The van der Waals surface area contributed by atoms with Gasteiger partial charge in [0.15, 0.2) is 0 Å². The number of hydrogen-bond donors (Lipinski definition) is 0. The summed E-state index contributed by atoms with van der Waals surface area (Å²) in [4.78, 5) is 0. The molecular formula is H3Cl2PZr. The summed E-state index contributed by atoms with van der Waals surface area (Å²) in [5.74, 6) is 0. The molecule has 0 rings (SSSR count). The van der Waals surface area contributed by atoms with Crippen LogP contribution in [0.15, 0.2) is 0 Å². The predicted octanol–water partition coefficient (Wildman–Crippen LogP) is -5.94. The standard InChI is InChI=1S/2ClH.H3P.Zr/h2*1H;1H3;/q;;;+2/p-2. The van der Waals surface area contributed by atoms with E-state index in [0.29, 0.717) is 0 Å². The van der Waals surface area contributed by atoms with Gasteiger partial charge in [-0.25, -0.2) is 0 Å². The van der Waals surface area contributed by atoms with Crippen LogP contribution in [0.25, 0.3) is 0 Å². The molecular weight excluding hydrogens is 193 g/mol. The van der Waals surface area contributed by atoms with Crippen molar-refractivity contribution in [3.8, 4) is 0 Å². The van der Waals surface area contributed by atoms with Crippen LogP contribution in [0.5, 0.6) is 0 Å². The van der Waals surface area contributed by atoms with Gasteiger partial charge in [0.25, 0.3) is 0 Å². The van der Waals surface area contributed by atoms with Crippen molar-refractivity contribution in [2.24, 2.45) is 0 Å². The van der Waals surface area contributed by atoms with E-state index in [-0.39, 0.29) is 60.9 Å². The van der Waals surface area contributed by atoms with Crippen molar-refractivity contribution in [3.05, 3.63) is 0 Å². The summed E-state index contributed by atoms with van der Waals surface area (Å²) in [6, 6.07) is 0. The van der Waals surface area contributed by atoms with Crippen LogP contribution in [0.2, 0.25) is 0 Å². The SMILES string of the molecule is P.[Cl-].[Cl-].[Zr+2]. The van der Waals surface area contributed by atoms with E-state index in [4.69, 9.17) is 0 Å². The third-order valence-corrected chi connectivity index (χ3v) is 0. The molecule has 0 spiro atoms. The van der Waals surface area contributed by atoms with Gasteiger partial charge in [0.2, 0.25) is 0 Å². The minimum atomic E-state index is 0. The van der Waals surface area contributed by atoms with Crippen molar-refractivity contribution in [1.29, 1.82) is 0 Å². The Kier molecular flexibility index (Phi) is 204. The largest absolute Gasteiger partial charge is 2.00 e. The number of halogens is 2. The van der Waals surface area contributed by atoms with Crippen molar-refractivity contribution in [2.75, 3.05) is 0 Å². The normalized spacial score (nSPS) is 0. The zero-order chi connectivity index (χ0) is 0. The summed E-state index contributed by atoms with van der Waals surface area (Å²) in [7, 11) is 0.